The highest BCUT2D eigenvalue weighted by Crippen LogP contribution is 2.24. The van der Waals surface area contributed by atoms with E-state index in [1.165, 1.54) is 16.8 Å². The van der Waals surface area contributed by atoms with E-state index in [1.807, 2.05) is 30.9 Å². The van der Waals surface area contributed by atoms with Crippen molar-refractivity contribution in [2.24, 2.45) is 7.05 Å². The van der Waals surface area contributed by atoms with Crippen molar-refractivity contribution < 1.29 is 0 Å². The van der Waals surface area contributed by atoms with Crippen LogP contribution in [0.3, 0.4) is 0 Å². The SMILES string of the molecule is CCc1cc(CC(NC)c2ccc(Cl)cc2C)n(C)n1. The third-order valence-corrected chi connectivity index (χ3v) is 3.99. The van der Waals surface area contributed by atoms with Gasteiger partial charge in [0.2, 0.25) is 0 Å². The molecule has 1 heterocycles. The van der Waals surface area contributed by atoms with Gasteiger partial charge in [0.25, 0.3) is 0 Å². The summed E-state index contributed by atoms with van der Waals surface area (Å²) in [5, 5.41) is 8.70. The second-order valence-electron chi connectivity index (χ2n) is 5.15. The molecule has 4 heteroatoms. The molecule has 0 aliphatic rings. The van der Waals surface area contributed by atoms with Crippen LogP contribution in [0.25, 0.3) is 0 Å². The molecule has 0 saturated carbocycles. The van der Waals surface area contributed by atoms with Crippen molar-refractivity contribution in [3.05, 3.63) is 51.8 Å². The largest absolute Gasteiger partial charge is 0.313 e. The number of nitrogens with zero attached hydrogens (tertiary/aromatic N) is 2. The average Bonchev–Trinajstić information content (AvgIpc) is 2.77. The summed E-state index contributed by atoms with van der Waals surface area (Å²) < 4.78 is 1.98. The normalized spacial score (nSPS) is 12.7. The average molecular weight is 292 g/mol. The van der Waals surface area contributed by atoms with Crippen LogP contribution in [-0.2, 0) is 19.9 Å². The van der Waals surface area contributed by atoms with Gasteiger partial charge in [0.1, 0.15) is 0 Å². The summed E-state index contributed by atoms with van der Waals surface area (Å²) in [5.74, 6) is 0. The van der Waals surface area contributed by atoms with Crippen LogP contribution >= 0.6 is 11.6 Å². The molecule has 2 aromatic rings. The third-order valence-electron chi connectivity index (χ3n) is 3.76. The number of hydrogen-bond acceptors (Lipinski definition) is 2. The predicted molar refractivity (Wildman–Crippen MR) is 84.3 cm³/mol. The molecule has 0 amide bonds. The van der Waals surface area contributed by atoms with Gasteiger partial charge in [-0.3, -0.25) is 4.68 Å². The lowest BCUT2D eigenvalue weighted by Crippen LogP contribution is -2.21. The lowest BCUT2D eigenvalue weighted by atomic mass is 9.97. The van der Waals surface area contributed by atoms with Gasteiger partial charge < -0.3 is 5.32 Å². The van der Waals surface area contributed by atoms with Gasteiger partial charge in [0, 0.05) is 30.2 Å². The van der Waals surface area contributed by atoms with E-state index < -0.39 is 0 Å². The van der Waals surface area contributed by atoms with Crippen molar-refractivity contribution in [2.75, 3.05) is 7.05 Å². The molecule has 0 bridgehead atoms. The fraction of sp³-hybridized carbons (Fsp3) is 0.438. The summed E-state index contributed by atoms with van der Waals surface area (Å²) in [7, 11) is 4.01. The minimum atomic E-state index is 0.271. The van der Waals surface area contributed by atoms with Crippen LogP contribution in [0.15, 0.2) is 24.3 Å². The Hall–Kier alpha value is -1.32. The number of likely N-dealkylation sites (N-methyl/N-ethyl adjacent to an activating group) is 1. The maximum atomic E-state index is 6.04. The zero-order valence-corrected chi connectivity index (χ0v) is 13.3. The smallest absolute Gasteiger partial charge is 0.0624 e. The Kier molecular flexibility index (Phi) is 4.84. The third kappa shape index (κ3) is 3.22. The topological polar surface area (TPSA) is 29.9 Å². The monoisotopic (exact) mass is 291 g/mol. The highest BCUT2D eigenvalue weighted by atomic mass is 35.5. The number of nitrogens with one attached hydrogen (secondary N) is 1. The first-order valence-electron chi connectivity index (χ1n) is 7.00. The molecule has 1 N–H and O–H groups in total. The van der Waals surface area contributed by atoms with Crippen LogP contribution in [0.2, 0.25) is 5.02 Å². The van der Waals surface area contributed by atoms with E-state index in [0.717, 1.165) is 23.6 Å². The molecule has 2 rings (SSSR count). The van der Waals surface area contributed by atoms with Crippen LogP contribution in [-0.4, -0.2) is 16.8 Å². The zero-order chi connectivity index (χ0) is 14.7. The molecular formula is C16H22ClN3. The quantitative estimate of drug-likeness (QED) is 0.914. The Balaban J connectivity index is 2.26. The van der Waals surface area contributed by atoms with Gasteiger partial charge in [0.05, 0.1) is 5.69 Å². The second-order valence-corrected chi connectivity index (χ2v) is 5.59. The molecule has 0 aliphatic heterocycles. The van der Waals surface area contributed by atoms with E-state index in [1.54, 1.807) is 0 Å². The minimum Gasteiger partial charge on any atom is -0.313 e. The van der Waals surface area contributed by atoms with Crippen LogP contribution in [0.1, 0.15) is 35.5 Å². The number of aromatic nitrogens is 2. The Morgan fingerprint density at radius 3 is 2.65 bits per heavy atom. The van der Waals surface area contributed by atoms with Crippen molar-refractivity contribution in [2.45, 2.75) is 32.7 Å². The molecule has 0 fully saturated rings. The van der Waals surface area contributed by atoms with Crippen molar-refractivity contribution >= 4 is 11.6 Å². The van der Waals surface area contributed by atoms with E-state index in [0.29, 0.717) is 0 Å². The molecule has 3 nitrogen and oxygen atoms in total. The summed E-state index contributed by atoms with van der Waals surface area (Å²) in [6.07, 6.45) is 1.89. The predicted octanol–water partition coefficient (Wildman–Crippen LogP) is 3.45. The lowest BCUT2D eigenvalue weighted by molar-refractivity contribution is 0.559. The molecule has 108 valence electrons. The molecule has 1 unspecified atom stereocenters. The van der Waals surface area contributed by atoms with Crippen LogP contribution in [0, 0.1) is 6.92 Å². The van der Waals surface area contributed by atoms with E-state index in [9.17, 15) is 0 Å². The summed E-state index contributed by atoms with van der Waals surface area (Å²) in [5.41, 5.74) is 4.90. The molecule has 0 saturated heterocycles. The molecule has 0 radical (unpaired) electrons. The fourth-order valence-electron chi connectivity index (χ4n) is 2.54. The van der Waals surface area contributed by atoms with Gasteiger partial charge in [-0.25, -0.2) is 0 Å². The number of hydrogen-bond donors (Lipinski definition) is 1. The van der Waals surface area contributed by atoms with E-state index in [-0.39, 0.29) is 6.04 Å². The first-order chi connectivity index (χ1) is 9.55. The van der Waals surface area contributed by atoms with Gasteiger partial charge in [-0.2, -0.15) is 5.10 Å². The Bertz CT molecular complexity index is 589. The number of aryl methyl sites for hydroxylation is 3. The lowest BCUT2D eigenvalue weighted by Gasteiger charge is -2.19. The maximum Gasteiger partial charge on any atom is 0.0624 e. The Morgan fingerprint density at radius 1 is 1.35 bits per heavy atom. The van der Waals surface area contributed by atoms with Crippen molar-refractivity contribution in [1.29, 1.82) is 0 Å². The van der Waals surface area contributed by atoms with Gasteiger partial charge in [-0.05, 0) is 49.7 Å². The van der Waals surface area contributed by atoms with Crippen molar-refractivity contribution in [3.63, 3.8) is 0 Å². The first-order valence-corrected chi connectivity index (χ1v) is 7.38. The van der Waals surface area contributed by atoms with Crippen LogP contribution in [0.5, 0.6) is 0 Å². The number of benzene rings is 1. The zero-order valence-electron chi connectivity index (χ0n) is 12.6. The summed E-state index contributed by atoms with van der Waals surface area (Å²) in [6, 6.07) is 8.54. The second kappa shape index (κ2) is 6.42. The molecule has 1 aromatic heterocycles. The van der Waals surface area contributed by atoms with Crippen LogP contribution in [0.4, 0.5) is 0 Å². The molecule has 0 aliphatic carbocycles. The van der Waals surface area contributed by atoms with Crippen molar-refractivity contribution in [3.8, 4) is 0 Å². The highest BCUT2D eigenvalue weighted by Gasteiger charge is 2.15. The summed E-state index contributed by atoms with van der Waals surface area (Å²) in [6.45, 7) is 4.23. The van der Waals surface area contributed by atoms with E-state index >= 15 is 0 Å². The van der Waals surface area contributed by atoms with E-state index in [2.05, 4.69) is 36.4 Å². The molecule has 1 aromatic carbocycles. The minimum absolute atomic E-state index is 0.271. The molecule has 20 heavy (non-hydrogen) atoms. The maximum absolute atomic E-state index is 6.04. The standard InChI is InChI=1S/C16H22ClN3/c1-5-13-9-14(20(4)19-13)10-16(18-3)15-7-6-12(17)8-11(15)2/h6-9,16,18H,5,10H2,1-4H3. The van der Waals surface area contributed by atoms with Crippen LogP contribution < -0.4 is 5.32 Å². The van der Waals surface area contributed by atoms with Gasteiger partial charge in [0.15, 0.2) is 0 Å². The molecular weight excluding hydrogens is 270 g/mol. The fourth-order valence-corrected chi connectivity index (χ4v) is 2.77. The molecule has 0 spiro atoms. The van der Waals surface area contributed by atoms with Gasteiger partial charge >= 0.3 is 0 Å². The van der Waals surface area contributed by atoms with Crippen molar-refractivity contribution in [1.82, 2.24) is 15.1 Å². The highest BCUT2D eigenvalue weighted by molar-refractivity contribution is 6.30. The Labute approximate surface area is 126 Å². The summed E-state index contributed by atoms with van der Waals surface area (Å²) >= 11 is 6.04. The first kappa shape index (κ1) is 15.1. The van der Waals surface area contributed by atoms with Gasteiger partial charge in [-0.1, -0.05) is 24.6 Å². The Morgan fingerprint density at radius 2 is 2.10 bits per heavy atom. The van der Waals surface area contributed by atoms with E-state index in [4.69, 9.17) is 11.6 Å². The summed E-state index contributed by atoms with van der Waals surface area (Å²) in [4.78, 5) is 0. The molecule has 1 atom stereocenters. The number of halogens is 1. The van der Waals surface area contributed by atoms with Gasteiger partial charge in [-0.15, -0.1) is 0 Å². The number of rotatable bonds is 5.